The van der Waals surface area contributed by atoms with Crippen molar-refractivity contribution in [1.29, 1.82) is 0 Å². The number of thioether (sulfide) groups is 1. The van der Waals surface area contributed by atoms with Crippen LogP contribution in [0, 0.1) is 0 Å². The van der Waals surface area contributed by atoms with Crippen LogP contribution in [0.5, 0.6) is 0 Å². The van der Waals surface area contributed by atoms with Gasteiger partial charge in [-0.1, -0.05) is 51.3 Å². The first-order valence-electron chi connectivity index (χ1n) is 14.4. The molecule has 4 fully saturated rings. The van der Waals surface area contributed by atoms with E-state index >= 15 is 0 Å². The normalized spacial score (nSPS) is 49.3. The van der Waals surface area contributed by atoms with Crippen molar-refractivity contribution in [2.75, 3.05) is 0 Å². The topological polar surface area (TPSA) is 12.0 Å². The van der Waals surface area contributed by atoms with E-state index in [-0.39, 0.29) is 9.99 Å². The number of hydrogen-bond donors (Lipinski definition) is 0. The fourth-order valence-electron chi connectivity index (χ4n) is 7.13. The van der Waals surface area contributed by atoms with Gasteiger partial charge in [-0.3, -0.25) is 19.6 Å². The lowest BCUT2D eigenvalue weighted by Gasteiger charge is -2.49. The van der Waals surface area contributed by atoms with Gasteiger partial charge in [0.05, 0.1) is 0 Å². The highest BCUT2D eigenvalue weighted by Gasteiger charge is 2.71. The molecule has 0 aliphatic carbocycles. The third-order valence-corrected chi connectivity index (χ3v) is 12.0. The number of unbranched alkanes of at least 4 members (excludes halogenated alkanes) is 4. The van der Waals surface area contributed by atoms with Crippen LogP contribution >= 0.6 is 11.8 Å². The summed E-state index contributed by atoms with van der Waals surface area (Å²) in [6, 6.07) is 5.56. The van der Waals surface area contributed by atoms with E-state index < -0.39 is 0 Å². The van der Waals surface area contributed by atoms with Crippen LogP contribution in [0.1, 0.15) is 121 Å². The van der Waals surface area contributed by atoms with E-state index in [0.29, 0.717) is 48.3 Å². The van der Waals surface area contributed by atoms with Crippen LogP contribution in [0.2, 0.25) is 0 Å². The second-order valence-electron chi connectivity index (χ2n) is 12.1. The molecule has 192 valence electrons. The highest BCUT2D eigenvalue weighted by molar-refractivity contribution is 8.01. The van der Waals surface area contributed by atoms with Gasteiger partial charge < -0.3 is 0 Å². The predicted octanol–water partition coefficient (Wildman–Crippen LogP) is 6.56. The zero-order chi connectivity index (χ0) is 24.3. The van der Waals surface area contributed by atoms with Gasteiger partial charge in [-0.2, -0.15) is 0 Å². The maximum atomic E-state index is 2.92. The molecule has 4 saturated heterocycles. The highest BCUT2D eigenvalue weighted by Crippen LogP contribution is 2.64. The summed E-state index contributed by atoms with van der Waals surface area (Å²) in [7, 11) is 0. The molecule has 0 spiro atoms. The Morgan fingerprint density at radius 1 is 0.455 bits per heavy atom. The van der Waals surface area contributed by atoms with Crippen LogP contribution in [0.25, 0.3) is 0 Å². The average Bonchev–Trinajstić information content (AvgIpc) is 3.74. The molecule has 0 radical (unpaired) electrons. The Hall–Kier alpha value is 0.190. The van der Waals surface area contributed by atoms with Crippen LogP contribution in [0.4, 0.5) is 0 Å². The lowest BCUT2D eigenvalue weighted by Crippen LogP contribution is -2.55. The summed E-state index contributed by atoms with van der Waals surface area (Å²) in [5, 5.41) is 0. The molecule has 0 amide bonds. The maximum absolute atomic E-state index is 2.92. The van der Waals surface area contributed by atoms with Crippen molar-refractivity contribution in [3.8, 4) is 0 Å². The molecule has 0 aromatic carbocycles. The largest absolute Gasteiger partial charge is 0.268 e. The SMILES string of the molecule is CCCCCC(SC(CCCCC)(N1C(C)C1C)N1C(C)C1C)(N1C(C)C1C)N1C(C)C1C. The van der Waals surface area contributed by atoms with Crippen LogP contribution in [0.3, 0.4) is 0 Å². The van der Waals surface area contributed by atoms with E-state index in [4.69, 9.17) is 0 Å². The summed E-state index contributed by atoms with van der Waals surface area (Å²) in [5.41, 5.74) is 0. The molecule has 8 atom stereocenters. The van der Waals surface area contributed by atoms with Crippen molar-refractivity contribution in [3.63, 3.8) is 0 Å². The van der Waals surface area contributed by atoms with Crippen LogP contribution in [0.15, 0.2) is 0 Å². The summed E-state index contributed by atoms with van der Waals surface area (Å²) in [5.74, 6) is 0. The van der Waals surface area contributed by atoms with E-state index in [9.17, 15) is 0 Å². The van der Waals surface area contributed by atoms with Crippen molar-refractivity contribution in [2.45, 2.75) is 179 Å². The Kier molecular flexibility index (Phi) is 7.62. The van der Waals surface area contributed by atoms with E-state index in [0.717, 1.165) is 0 Å². The van der Waals surface area contributed by atoms with E-state index in [1.807, 2.05) is 0 Å². The summed E-state index contributed by atoms with van der Waals surface area (Å²) < 4.78 is 0. The Morgan fingerprint density at radius 2 is 0.697 bits per heavy atom. The molecule has 0 saturated carbocycles. The molecule has 4 rings (SSSR count). The highest BCUT2D eigenvalue weighted by atomic mass is 32.2. The number of rotatable bonds is 14. The van der Waals surface area contributed by atoms with Crippen molar-refractivity contribution >= 4 is 11.8 Å². The van der Waals surface area contributed by atoms with Gasteiger partial charge >= 0.3 is 0 Å². The Bertz CT molecular complexity index is 557. The second kappa shape index (κ2) is 9.57. The Morgan fingerprint density at radius 3 is 0.879 bits per heavy atom. The van der Waals surface area contributed by atoms with Gasteiger partial charge in [-0.25, -0.2) is 0 Å². The van der Waals surface area contributed by atoms with Gasteiger partial charge in [-0.15, -0.1) is 0 Å². The first-order chi connectivity index (χ1) is 15.6. The van der Waals surface area contributed by atoms with Gasteiger partial charge in [0, 0.05) is 48.3 Å². The number of hydrogen-bond acceptors (Lipinski definition) is 5. The molecular weight excluding hydrogens is 424 g/mol. The van der Waals surface area contributed by atoms with Gasteiger partial charge in [-0.05, 0) is 81.1 Å². The molecule has 33 heavy (non-hydrogen) atoms. The van der Waals surface area contributed by atoms with Gasteiger partial charge in [0.1, 0.15) is 9.99 Å². The van der Waals surface area contributed by atoms with Gasteiger partial charge in [0.25, 0.3) is 0 Å². The monoisotopic (exact) mass is 478 g/mol. The lowest BCUT2D eigenvalue weighted by atomic mass is 10.1. The fourth-order valence-corrected chi connectivity index (χ4v) is 9.90. The maximum Gasteiger partial charge on any atom is 0.126 e. The first-order valence-corrected chi connectivity index (χ1v) is 15.3. The molecule has 4 aliphatic rings. The summed E-state index contributed by atoms with van der Waals surface area (Å²) in [6.07, 6.45) is 10.6. The lowest BCUT2D eigenvalue weighted by molar-refractivity contribution is 0.113. The molecule has 0 aromatic heterocycles. The Labute approximate surface area is 210 Å². The molecule has 8 unspecified atom stereocenters. The molecule has 4 nitrogen and oxygen atoms in total. The summed E-state index contributed by atoms with van der Waals surface area (Å²) in [4.78, 5) is 11.9. The van der Waals surface area contributed by atoms with Crippen molar-refractivity contribution in [3.05, 3.63) is 0 Å². The molecular formula is C28H54N4S. The van der Waals surface area contributed by atoms with E-state index in [1.165, 1.54) is 51.4 Å². The van der Waals surface area contributed by atoms with Crippen LogP contribution < -0.4 is 0 Å². The minimum Gasteiger partial charge on any atom is -0.268 e. The first kappa shape index (κ1) is 26.3. The van der Waals surface area contributed by atoms with Crippen molar-refractivity contribution in [1.82, 2.24) is 19.6 Å². The quantitative estimate of drug-likeness (QED) is 0.206. The summed E-state index contributed by atoms with van der Waals surface area (Å²) in [6.45, 7) is 24.5. The van der Waals surface area contributed by atoms with Crippen molar-refractivity contribution in [2.24, 2.45) is 0 Å². The smallest absolute Gasteiger partial charge is 0.126 e. The minimum atomic E-state index is 0.128. The molecule has 4 heterocycles. The van der Waals surface area contributed by atoms with Gasteiger partial charge in [0.15, 0.2) is 0 Å². The van der Waals surface area contributed by atoms with Crippen LogP contribution in [-0.2, 0) is 0 Å². The molecule has 0 N–H and O–H groups in total. The van der Waals surface area contributed by atoms with E-state index in [2.05, 4.69) is 101 Å². The average molecular weight is 479 g/mol. The standard InChI is InChI=1S/C28H54N4S/c1-11-13-15-17-27(29-19(3)20(29)4,30-21(5)22(30)6)33-28(18-16-14-12-2,31-23(7)24(31)8)32-25(9)26(32)10/h19-26H,11-18H2,1-10H3. The summed E-state index contributed by atoms with van der Waals surface area (Å²) >= 11 is 2.40. The third-order valence-electron chi connectivity index (χ3n) is 10.1. The fraction of sp³-hybridized carbons (Fsp3) is 1.00. The van der Waals surface area contributed by atoms with Crippen LogP contribution in [-0.4, -0.2) is 77.9 Å². The zero-order valence-electron chi connectivity index (χ0n) is 23.5. The molecule has 0 aromatic rings. The third kappa shape index (κ3) is 4.34. The second-order valence-corrected chi connectivity index (χ2v) is 13.6. The minimum absolute atomic E-state index is 0.128. The zero-order valence-corrected chi connectivity index (χ0v) is 24.3. The molecule has 5 heteroatoms. The molecule has 0 bridgehead atoms. The Balaban J connectivity index is 1.75. The van der Waals surface area contributed by atoms with Crippen molar-refractivity contribution < 1.29 is 0 Å². The van der Waals surface area contributed by atoms with E-state index in [1.54, 1.807) is 0 Å². The predicted molar refractivity (Wildman–Crippen MR) is 144 cm³/mol. The molecule has 4 aliphatic heterocycles. The number of nitrogens with zero attached hydrogens (tertiary/aromatic N) is 4. The van der Waals surface area contributed by atoms with Gasteiger partial charge in [0.2, 0.25) is 0 Å².